The first-order valence-corrected chi connectivity index (χ1v) is 9.58. The number of aryl methyl sites for hydroxylation is 1. The minimum atomic E-state index is -1.14. The predicted octanol–water partition coefficient (Wildman–Crippen LogP) is 1.27. The molecular formula is C20H23BN2O6. The fraction of sp³-hybridized carbons (Fsp3) is 0.350. The van der Waals surface area contributed by atoms with Gasteiger partial charge in [0.1, 0.15) is 28.9 Å². The van der Waals surface area contributed by atoms with Gasteiger partial charge in [-0.25, -0.2) is 4.79 Å². The first-order valence-electron chi connectivity index (χ1n) is 9.58. The summed E-state index contributed by atoms with van der Waals surface area (Å²) in [6, 6.07) is 10.1. The van der Waals surface area contributed by atoms with Crippen LogP contribution in [-0.4, -0.2) is 59.0 Å². The summed E-state index contributed by atoms with van der Waals surface area (Å²) in [6.45, 7) is 1.90. The molecule has 0 aliphatic carbocycles. The molecule has 5 N–H and O–H groups in total. The van der Waals surface area contributed by atoms with Crippen LogP contribution in [-0.2, 0) is 6.42 Å². The van der Waals surface area contributed by atoms with Crippen molar-refractivity contribution in [2.24, 2.45) is 5.73 Å². The standard InChI is InChI=1S/C20H23BN2O6/c22-16(12-1-4-14(24)5-2-12)11-23-9-15(10-23)28-17-6-3-13-7-8-21(27)29-19(13)18(17)20(25)26/h1-6,15-16,24,27H,7-11,22H2,(H,25,26)/t16-/m1/s1. The number of likely N-dealkylation sites (tertiary alicyclic amines) is 1. The molecule has 4 rings (SSSR count). The summed E-state index contributed by atoms with van der Waals surface area (Å²) in [5, 5.41) is 28.7. The lowest BCUT2D eigenvalue weighted by Gasteiger charge is -2.40. The Labute approximate surface area is 168 Å². The molecule has 2 aromatic rings. The zero-order valence-corrected chi connectivity index (χ0v) is 15.8. The van der Waals surface area contributed by atoms with E-state index in [1.54, 1.807) is 36.4 Å². The number of ether oxygens (including phenoxy) is 1. The molecular weight excluding hydrogens is 375 g/mol. The quantitative estimate of drug-likeness (QED) is 0.536. The molecule has 29 heavy (non-hydrogen) atoms. The largest absolute Gasteiger partial charge is 0.535 e. The van der Waals surface area contributed by atoms with Gasteiger partial charge in [0.05, 0.1) is 0 Å². The summed E-state index contributed by atoms with van der Waals surface area (Å²) >= 11 is 0. The second-order valence-corrected chi connectivity index (χ2v) is 7.50. The molecule has 1 fully saturated rings. The minimum absolute atomic E-state index is 0.0412. The molecule has 0 radical (unpaired) electrons. The third-order valence-electron chi connectivity index (χ3n) is 5.32. The Morgan fingerprint density at radius 3 is 2.69 bits per heavy atom. The highest BCUT2D eigenvalue weighted by molar-refractivity contribution is 6.44. The second kappa shape index (κ2) is 7.94. The summed E-state index contributed by atoms with van der Waals surface area (Å²) in [5.41, 5.74) is 7.88. The van der Waals surface area contributed by atoms with Crippen molar-refractivity contribution in [2.45, 2.75) is 24.9 Å². The number of nitrogens with zero attached hydrogens (tertiary/aromatic N) is 1. The molecule has 0 unspecified atom stereocenters. The van der Waals surface area contributed by atoms with Crippen LogP contribution < -0.4 is 15.1 Å². The van der Waals surface area contributed by atoms with Crippen molar-refractivity contribution in [3.8, 4) is 17.2 Å². The van der Waals surface area contributed by atoms with Crippen LogP contribution in [0.2, 0.25) is 6.32 Å². The predicted molar refractivity (Wildman–Crippen MR) is 106 cm³/mol. The van der Waals surface area contributed by atoms with Crippen molar-refractivity contribution < 1.29 is 29.4 Å². The third-order valence-corrected chi connectivity index (χ3v) is 5.32. The van der Waals surface area contributed by atoms with Crippen molar-refractivity contribution in [2.75, 3.05) is 19.6 Å². The van der Waals surface area contributed by atoms with Gasteiger partial charge in [-0.05, 0) is 42.1 Å². The Balaban J connectivity index is 1.38. The van der Waals surface area contributed by atoms with Gasteiger partial charge in [-0.2, -0.15) is 0 Å². The summed E-state index contributed by atoms with van der Waals surface area (Å²) in [5.74, 6) is -0.497. The van der Waals surface area contributed by atoms with Crippen molar-refractivity contribution in [3.63, 3.8) is 0 Å². The normalized spacial score (nSPS) is 17.8. The number of phenols is 1. The van der Waals surface area contributed by atoms with Gasteiger partial charge in [0.25, 0.3) is 0 Å². The molecule has 0 aromatic heterocycles. The summed E-state index contributed by atoms with van der Waals surface area (Å²) in [7, 11) is -1.00. The van der Waals surface area contributed by atoms with E-state index in [-0.39, 0.29) is 35.0 Å². The van der Waals surface area contributed by atoms with E-state index < -0.39 is 13.1 Å². The maximum atomic E-state index is 11.8. The van der Waals surface area contributed by atoms with Crippen LogP contribution >= 0.6 is 0 Å². The van der Waals surface area contributed by atoms with Crippen molar-refractivity contribution in [3.05, 3.63) is 53.1 Å². The fourth-order valence-electron chi connectivity index (χ4n) is 3.74. The molecule has 152 valence electrons. The summed E-state index contributed by atoms with van der Waals surface area (Å²) in [4.78, 5) is 13.9. The molecule has 8 nitrogen and oxygen atoms in total. The molecule has 1 saturated heterocycles. The number of phenolic OH excluding ortho intramolecular Hbond substituents is 1. The average Bonchev–Trinajstić information content (AvgIpc) is 2.65. The van der Waals surface area contributed by atoms with Crippen molar-refractivity contribution >= 4 is 13.1 Å². The molecule has 0 bridgehead atoms. The number of fused-ring (bicyclic) bond motifs is 1. The SMILES string of the molecule is N[C@H](CN1CC(Oc2ccc3c(c2C(=O)O)OB(O)CC3)C1)c1ccc(O)cc1. The van der Waals surface area contributed by atoms with E-state index in [4.69, 9.17) is 15.1 Å². The fourth-order valence-corrected chi connectivity index (χ4v) is 3.74. The number of aromatic hydroxyl groups is 1. The van der Waals surface area contributed by atoms with E-state index in [0.29, 0.717) is 32.4 Å². The Bertz CT molecular complexity index is 901. The number of hydrogen-bond donors (Lipinski definition) is 4. The van der Waals surface area contributed by atoms with Gasteiger partial charge in [-0.15, -0.1) is 0 Å². The number of rotatable bonds is 6. The van der Waals surface area contributed by atoms with E-state index in [2.05, 4.69) is 4.90 Å². The Hall–Kier alpha value is -2.75. The van der Waals surface area contributed by atoms with E-state index in [0.717, 1.165) is 11.1 Å². The van der Waals surface area contributed by atoms with E-state index in [1.165, 1.54) is 0 Å². The highest BCUT2D eigenvalue weighted by atomic mass is 16.5. The summed E-state index contributed by atoms with van der Waals surface area (Å²) in [6.07, 6.45) is 0.848. The van der Waals surface area contributed by atoms with Gasteiger partial charge in [0, 0.05) is 25.7 Å². The molecule has 9 heteroatoms. The lowest BCUT2D eigenvalue weighted by atomic mass is 9.78. The monoisotopic (exact) mass is 398 g/mol. The molecule has 2 aliphatic rings. The van der Waals surface area contributed by atoms with E-state index >= 15 is 0 Å². The maximum Gasteiger partial charge on any atom is 0.522 e. The van der Waals surface area contributed by atoms with Crippen molar-refractivity contribution in [1.82, 2.24) is 4.90 Å². The lowest BCUT2D eigenvalue weighted by molar-refractivity contribution is 0.0153. The Kier molecular flexibility index (Phi) is 5.36. The Morgan fingerprint density at radius 2 is 2.00 bits per heavy atom. The zero-order valence-electron chi connectivity index (χ0n) is 15.8. The van der Waals surface area contributed by atoms with Crippen molar-refractivity contribution in [1.29, 1.82) is 0 Å². The maximum absolute atomic E-state index is 11.8. The number of hydrogen-bond acceptors (Lipinski definition) is 7. The first-order chi connectivity index (χ1) is 13.9. The van der Waals surface area contributed by atoms with Crippen LogP contribution in [0.4, 0.5) is 0 Å². The second-order valence-electron chi connectivity index (χ2n) is 7.50. The Morgan fingerprint density at radius 1 is 1.28 bits per heavy atom. The summed E-state index contributed by atoms with van der Waals surface area (Å²) < 4.78 is 11.3. The van der Waals surface area contributed by atoms with Gasteiger partial charge >= 0.3 is 13.1 Å². The van der Waals surface area contributed by atoms with Crippen LogP contribution in [0.5, 0.6) is 17.2 Å². The van der Waals surface area contributed by atoms with E-state index in [1.807, 2.05) is 0 Å². The van der Waals surface area contributed by atoms with Crippen LogP contribution in [0.15, 0.2) is 36.4 Å². The molecule has 2 heterocycles. The molecule has 0 amide bonds. The zero-order chi connectivity index (χ0) is 20.5. The van der Waals surface area contributed by atoms with Crippen LogP contribution in [0, 0.1) is 0 Å². The first kappa shape index (κ1) is 19.6. The highest BCUT2D eigenvalue weighted by Gasteiger charge is 2.34. The topological polar surface area (TPSA) is 125 Å². The molecule has 0 saturated carbocycles. The molecule has 2 aliphatic heterocycles. The van der Waals surface area contributed by atoms with Gasteiger partial charge < -0.3 is 30.4 Å². The van der Waals surface area contributed by atoms with Gasteiger partial charge in [-0.3, -0.25) is 4.90 Å². The number of carboxylic acids is 1. The third kappa shape index (κ3) is 4.17. The van der Waals surface area contributed by atoms with Crippen LogP contribution in [0.3, 0.4) is 0 Å². The lowest BCUT2D eigenvalue weighted by Crippen LogP contribution is -2.55. The van der Waals surface area contributed by atoms with Gasteiger partial charge in [-0.1, -0.05) is 18.2 Å². The number of aromatic carboxylic acids is 1. The number of benzene rings is 2. The number of carbonyl (C=O) groups is 1. The number of nitrogens with two attached hydrogens (primary N) is 1. The molecule has 0 spiro atoms. The van der Waals surface area contributed by atoms with Gasteiger partial charge in [0.15, 0.2) is 0 Å². The smallest absolute Gasteiger partial charge is 0.522 e. The number of carboxylic acid groups (broad SMARTS) is 1. The van der Waals surface area contributed by atoms with Crippen LogP contribution in [0.1, 0.15) is 27.5 Å². The molecule has 1 atom stereocenters. The van der Waals surface area contributed by atoms with Gasteiger partial charge in [0.2, 0.25) is 0 Å². The average molecular weight is 398 g/mol. The minimum Gasteiger partial charge on any atom is -0.535 e. The van der Waals surface area contributed by atoms with Crippen LogP contribution in [0.25, 0.3) is 0 Å². The molecule has 2 aromatic carbocycles. The highest BCUT2D eigenvalue weighted by Crippen LogP contribution is 2.37. The van der Waals surface area contributed by atoms with E-state index in [9.17, 15) is 20.0 Å².